The molecule has 0 saturated carbocycles. The van der Waals surface area contributed by atoms with Gasteiger partial charge in [-0.05, 0) is 60.5 Å². The van der Waals surface area contributed by atoms with Crippen molar-refractivity contribution in [2.45, 2.75) is 6.92 Å². The van der Waals surface area contributed by atoms with E-state index >= 15 is 0 Å². The molecule has 128 valence electrons. The summed E-state index contributed by atoms with van der Waals surface area (Å²) in [7, 11) is 0. The van der Waals surface area contributed by atoms with Crippen LogP contribution in [0.15, 0.2) is 59.0 Å². The summed E-state index contributed by atoms with van der Waals surface area (Å²) >= 11 is 0. The molecule has 5 heteroatoms. The van der Waals surface area contributed by atoms with E-state index in [9.17, 15) is 14.4 Å². The van der Waals surface area contributed by atoms with Gasteiger partial charge >= 0.3 is 5.97 Å². The van der Waals surface area contributed by atoms with E-state index in [1.165, 1.54) is 24.3 Å². The monoisotopic (exact) mass is 347 g/mol. The molecule has 0 amide bonds. The average Bonchev–Trinajstić information content (AvgIpc) is 3.07. The fraction of sp³-hybridized carbons (Fsp3) is 0.0476. The SMILES string of the molecule is Cc1cc(C(=O)O)ccc1-c1ccc(/C=C(/C#N)c2cccc(F)c2)o1. The molecule has 0 fully saturated rings. The van der Waals surface area contributed by atoms with Crippen LogP contribution in [0.4, 0.5) is 4.39 Å². The molecule has 26 heavy (non-hydrogen) atoms. The third-order valence-corrected chi connectivity index (χ3v) is 3.91. The van der Waals surface area contributed by atoms with Gasteiger partial charge < -0.3 is 9.52 Å². The number of nitriles is 1. The maximum absolute atomic E-state index is 13.4. The van der Waals surface area contributed by atoms with Gasteiger partial charge in [0.05, 0.1) is 17.2 Å². The number of carboxylic acid groups (broad SMARTS) is 1. The Kier molecular flexibility index (Phi) is 4.68. The summed E-state index contributed by atoms with van der Waals surface area (Å²) in [6.07, 6.45) is 1.54. The van der Waals surface area contributed by atoms with Gasteiger partial charge in [0.15, 0.2) is 0 Å². The molecule has 1 aromatic heterocycles. The minimum absolute atomic E-state index is 0.204. The normalized spacial score (nSPS) is 11.2. The minimum atomic E-state index is -0.989. The van der Waals surface area contributed by atoms with Crippen molar-refractivity contribution < 1.29 is 18.7 Å². The number of allylic oxidation sites excluding steroid dienone is 1. The maximum atomic E-state index is 13.4. The van der Waals surface area contributed by atoms with E-state index in [-0.39, 0.29) is 11.1 Å². The van der Waals surface area contributed by atoms with Crippen LogP contribution in [0.3, 0.4) is 0 Å². The number of carbonyl (C=O) groups is 1. The van der Waals surface area contributed by atoms with E-state index in [2.05, 4.69) is 0 Å². The van der Waals surface area contributed by atoms with E-state index in [0.717, 1.165) is 11.1 Å². The molecule has 0 spiro atoms. The second kappa shape index (κ2) is 7.08. The molecule has 3 aromatic rings. The Balaban J connectivity index is 1.95. The maximum Gasteiger partial charge on any atom is 0.335 e. The minimum Gasteiger partial charge on any atom is -0.478 e. The van der Waals surface area contributed by atoms with Crippen molar-refractivity contribution in [1.82, 2.24) is 0 Å². The van der Waals surface area contributed by atoms with Gasteiger partial charge in [-0.3, -0.25) is 0 Å². The zero-order valence-corrected chi connectivity index (χ0v) is 13.9. The first-order chi connectivity index (χ1) is 12.5. The zero-order valence-electron chi connectivity index (χ0n) is 13.9. The summed E-state index contributed by atoms with van der Waals surface area (Å²) in [4.78, 5) is 11.0. The van der Waals surface area contributed by atoms with Crippen LogP contribution in [0.5, 0.6) is 0 Å². The first-order valence-corrected chi connectivity index (χ1v) is 7.80. The zero-order chi connectivity index (χ0) is 18.7. The summed E-state index contributed by atoms with van der Waals surface area (Å²) in [5.41, 5.74) is 2.48. The smallest absolute Gasteiger partial charge is 0.335 e. The molecule has 0 atom stereocenters. The number of aromatic carboxylic acids is 1. The Morgan fingerprint density at radius 3 is 2.62 bits per heavy atom. The van der Waals surface area contributed by atoms with Crippen LogP contribution in [0.25, 0.3) is 23.0 Å². The Morgan fingerprint density at radius 2 is 1.96 bits per heavy atom. The summed E-state index contributed by atoms with van der Waals surface area (Å²) in [6.45, 7) is 1.80. The average molecular weight is 347 g/mol. The topological polar surface area (TPSA) is 74.2 Å². The summed E-state index contributed by atoms with van der Waals surface area (Å²) < 4.78 is 19.1. The number of aryl methyl sites for hydroxylation is 1. The van der Waals surface area contributed by atoms with Crippen LogP contribution < -0.4 is 0 Å². The lowest BCUT2D eigenvalue weighted by atomic mass is 10.0. The standard InChI is InChI=1S/C21H14FNO3/c1-13-9-15(21(24)25)5-7-19(13)20-8-6-18(26-20)11-16(12-23)14-3-2-4-17(22)10-14/h2-11H,1H3,(H,24,25)/b16-11-. The van der Waals surface area contributed by atoms with Crippen molar-refractivity contribution in [1.29, 1.82) is 5.26 Å². The van der Waals surface area contributed by atoms with Gasteiger partial charge in [-0.1, -0.05) is 18.2 Å². The number of rotatable bonds is 4. The summed E-state index contributed by atoms with van der Waals surface area (Å²) in [5.74, 6) is -0.404. The predicted octanol–water partition coefficient (Wildman–Crippen LogP) is 5.16. The quantitative estimate of drug-likeness (QED) is 0.662. The van der Waals surface area contributed by atoms with Crippen molar-refractivity contribution in [3.8, 4) is 17.4 Å². The first kappa shape index (κ1) is 17.2. The van der Waals surface area contributed by atoms with Crippen molar-refractivity contribution >= 4 is 17.6 Å². The van der Waals surface area contributed by atoms with E-state index in [4.69, 9.17) is 9.52 Å². The molecule has 2 aromatic carbocycles. The fourth-order valence-electron chi connectivity index (χ4n) is 2.63. The van der Waals surface area contributed by atoms with Gasteiger partial charge in [-0.15, -0.1) is 0 Å². The molecule has 3 rings (SSSR count). The van der Waals surface area contributed by atoms with Gasteiger partial charge in [0.2, 0.25) is 0 Å². The second-order valence-electron chi connectivity index (χ2n) is 5.72. The Morgan fingerprint density at radius 1 is 1.15 bits per heavy atom. The van der Waals surface area contributed by atoms with E-state index in [1.807, 2.05) is 6.07 Å². The number of hydrogen-bond donors (Lipinski definition) is 1. The Bertz CT molecular complexity index is 1060. The Labute approximate surface area is 149 Å². The molecular weight excluding hydrogens is 333 g/mol. The molecule has 0 aliphatic carbocycles. The van der Waals surface area contributed by atoms with Gasteiger partial charge in [0, 0.05) is 5.56 Å². The largest absolute Gasteiger partial charge is 0.478 e. The highest BCUT2D eigenvalue weighted by Crippen LogP contribution is 2.28. The fourth-order valence-corrected chi connectivity index (χ4v) is 2.63. The highest BCUT2D eigenvalue weighted by Gasteiger charge is 2.11. The van der Waals surface area contributed by atoms with Crippen LogP contribution in [-0.2, 0) is 0 Å². The van der Waals surface area contributed by atoms with Gasteiger partial charge in [-0.2, -0.15) is 5.26 Å². The second-order valence-corrected chi connectivity index (χ2v) is 5.72. The number of furan rings is 1. The van der Waals surface area contributed by atoms with Crippen LogP contribution in [0.1, 0.15) is 27.2 Å². The van der Waals surface area contributed by atoms with Crippen LogP contribution in [-0.4, -0.2) is 11.1 Å². The number of benzene rings is 2. The van der Waals surface area contributed by atoms with Gasteiger partial charge in [0.25, 0.3) is 0 Å². The Hall–Kier alpha value is -3.65. The van der Waals surface area contributed by atoms with Crippen molar-refractivity contribution in [2.75, 3.05) is 0 Å². The molecular formula is C21H14FNO3. The van der Waals surface area contributed by atoms with Crippen LogP contribution in [0.2, 0.25) is 0 Å². The molecule has 0 radical (unpaired) electrons. The molecule has 1 heterocycles. The molecule has 0 saturated heterocycles. The third-order valence-electron chi connectivity index (χ3n) is 3.91. The summed E-state index contributed by atoms with van der Waals surface area (Å²) in [5, 5.41) is 18.4. The van der Waals surface area contributed by atoms with Crippen LogP contribution in [0, 0.1) is 24.1 Å². The van der Waals surface area contributed by atoms with Crippen molar-refractivity contribution in [2.24, 2.45) is 0 Å². The molecule has 0 aliphatic heterocycles. The molecule has 1 N–H and O–H groups in total. The van der Waals surface area contributed by atoms with E-state index in [0.29, 0.717) is 17.1 Å². The summed E-state index contributed by atoms with van der Waals surface area (Å²) in [6, 6.07) is 16.0. The first-order valence-electron chi connectivity index (χ1n) is 7.80. The molecule has 0 bridgehead atoms. The van der Waals surface area contributed by atoms with Gasteiger partial charge in [-0.25, -0.2) is 9.18 Å². The molecule has 4 nitrogen and oxygen atoms in total. The lowest BCUT2D eigenvalue weighted by Gasteiger charge is -2.04. The van der Waals surface area contributed by atoms with Gasteiger partial charge in [0.1, 0.15) is 17.3 Å². The predicted molar refractivity (Wildman–Crippen MR) is 95.7 cm³/mol. The number of carboxylic acids is 1. The third kappa shape index (κ3) is 3.55. The molecule has 0 aliphatic rings. The highest BCUT2D eigenvalue weighted by atomic mass is 19.1. The van der Waals surface area contributed by atoms with Crippen molar-refractivity contribution in [3.63, 3.8) is 0 Å². The van der Waals surface area contributed by atoms with Crippen LogP contribution >= 0.6 is 0 Å². The number of hydrogen-bond acceptors (Lipinski definition) is 3. The lowest BCUT2D eigenvalue weighted by Crippen LogP contribution is -1.96. The van der Waals surface area contributed by atoms with Crippen molar-refractivity contribution in [3.05, 3.63) is 82.9 Å². The number of halogens is 1. The lowest BCUT2D eigenvalue weighted by molar-refractivity contribution is 0.0697. The molecule has 0 unspecified atom stereocenters. The van der Waals surface area contributed by atoms with E-state index < -0.39 is 11.8 Å². The highest BCUT2D eigenvalue weighted by molar-refractivity contribution is 5.90. The number of nitrogens with zero attached hydrogens (tertiary/aromatic N) is 1. The van der Waals surface area contributed by atoms with E-state index in [1.54, 1.807) is 43.3 Å².